The summed E-state index contributed by atoms with van der Waals surface area (Å²) in [4.78, 5) is 12.2. The minimum Gasteiger partial charge on any atom is -0.294 e. The molecule has 0 saturated heterocycles. The Kier molecular flexibility index (Phi) is 5.96. The molecule has 1 aromatic rings. The van der Waals surface area contributed by atoms with Crippen molar-refractivity contribution in [2.75, 3.05) is 0 Å². The van der Waals surface area contributed by atoms with Crippen molar-refractivity contribution in [2.45, 2.75) is 52.9 Å². The zero-order valence-electron chi connectivity index (χ0n) is 11.3. The number of ketones is 1. The molecule has 0 fully saturated rings. The van der Waals surface area contributed by atoms with Gasteiger partial charge >= 0.3 is 0 Å². The van der Waals surface area contributed by atoms with E-state index in [1.807, 2.05) is 31.2 Å². The van der Waals surface area contributed by atoms with Crippen LogP contribution in [0.3, 0.4) is 0 Å². The number of carbonyl (C=O) groups excluding carboxylic acids is 1. The third-order valence-electron chi connectivity index (χ3n) is 3.46. The molecule has 0 aliphatic heterocycles. The first-order valence-electron chi connectivity index (χ1n) is 6.77. The third kappa shape index (κ3) is 4.33. The summed E-state index contributed by atoms with van der Waals surface area (Å²) in [5.41, 5.74) is 2.00. The van der Waals surface area contributed by atoms with E-state index < -0.39 is 0 Å². The van der Waals surface area contributed by atoms with Crippen molar-refractivity contribution in [1.82, 2.24) is 0 Å². The first kappa shape index (κ1) is 14.0. The number of aryl methyl sites for hydroxylation is 1. The van der Waals surface area contributed by atoms with Gasteiger partial charge in [-0.15, -0.1) is 0 Å². The number of benzene rings is 1. The van der Waals surface area contributed by atoms with E-state index in [0.29, 0.717) is 18.1 Å². The van der Waals surface area contributed by atoms with Crippen LogP contribution in [0.2, 0.25) is 0 Å². The predicted molar refractivity (Wildman–Crippen MR) is 73.4 cm³/mol. The van der Waals surface area contributed by atoms with Crippen LogP contribution in [0, 0.1) is 12.8 Å². The highest BCUT2D eigenvalue weighted by molar-refractivity contribution is 5.97. The Morgan fingerprint density at radius 1 is 1.24 bits per heavy atom. The fourth-order valence-electron chi connectivity index (χ4n) is 2.20. The molecule has 0 aliphatic carbocycles. The van der Waals surface area contributed by atoms with Crippen molar-refractivity contribution in [3.8, 4) is 0 Å². The monoisotopic (exact) mass is 232 g/mol. The maximum absolute atomic E-state index is 12.2. The highest BCUT2D eigenvalue weighted by Gasteiger charge is 2.14. The van der Waals surface area contributed by atoms with Crippen LogP contribution in [0.1, 0.15) is 61.9 Å². The van der Waals surface area contributed by atoms with Gasteiger partial charge in [-0.2, -0.15) is 0 Å². The molecule has 94 valence electrons. The molecule has 1 rings (SSSR count). The second kappa shape index (κ2) is 7.26. The summed E-state index contributed by atoms with van der Waals surface area (Å²) in [6.07, 6.45) is 5.46. The molecule has 1 heteroatoms. The average Bonchev–Trinajstić information content (AvgIpc) is 2.34. The zero-order valence-corrected chi connectivity index (χ0v) is 11.3. The summed E-state index contributed by atoms with van der Waals surface area (Å²) >= 11 is 0. The summed E-state index contributed by atoms with van der Waals surface area (Å²) in [5, 5.41) is 0. The summed E-state index contributed by atoms with van der Waals surface area (Å²) in [5.74, 6) is 0.869. The van der Waals surface area contributed by atoms with Crippen molar-refractivity contribution in [1.29, 1.82) is 0 Å². The van der Waals surface area contributed by atoms with E-state index in [9.17, 15) is 4.79 Å². The quantitative estimate of drug-likeness (QED) is 0.618. The van der Waals surface area contributed by atoms with Gasteiger partial charge in [0.15, 0.2) is 5.78 Å². The van der Waals surface area contributed by atoms with Gasteiger partial charge in [-0.05, 0) is 18.4 Å². The van der Waals surface area contributed by atoms with E-state index in [4.69, 9.17) is 0 Å². The fraction of sp³-hybridized carbons (Fsp3) is 0.562. The van der Waals surface area contributed by atoms with Crippen LogP contribution in [-0.2, 0) is 0 Å². The number of rotatable bonds is 7. The highest BCUT2D eigenvalue weighted by Crippen LogP contribution is 2.20. The molecule has 0 amide bonds. The fourth-order valence-corrected chi connectivity index (χ4v) is 2.20. The molecule has 17 heavy (non-hydrogen) atoms. The molecule has 0 saturated carbocycles. The lowest BCUT2D eigenvalue weighted by atomic mass is 9.90. The van der Waals surface area contributed by atoms with Crippen molar-refractivity contribution in [2.24, 2.45) is 5.92 Å². The second-order valence-corrected chi connectivity index (χ2v) is 4.86. The van der Waals surface area contributed by atoms with Crippen LogP contribution in [0.5, 0.6) is 0 Å². The molecule has 1 unspecified atom stereocenters. The lowest BCUT2D eigenvalue weighted by molar-refractivity contribution is 0.0956. The number of hydrogen-bond acceptors (Lipinski definition) is 1. The smallest absolute Gasteiger partial charge is 0.163 e. The molecule has 0 radical (unpaired) electrons. The largest absolute Gasteiger partial charge is 0.294 e. The van der Waals surface area contributed by atoms with Gasteiger partial charge in [-0.3, -0.25) is 4.79 Å². The van der Waals surface area contributed by atoms with Gasteiger partial charge in [0.1, 0.15) is 0 Å². The molecule has 1 atom stereocenters. The topological polar surface area (TPSA) is 17.1 Å². The van der Waals surface area contributed by atoms with Gasteiger partial charge in [-0.25, -0.2) is 0 Å². The molecular formula is C16H24O. The molecular weight excluding hydrogens is 208 g/mol. The van der Waals surface area contributed by atoms with Gasteiger partial charge in [0, 0.05) is 12.0 Å². The zero-order chi connectivity index (χ0) is 12.7. The van der Waals surface area contributed by atoms with Crippen molar-refractivity contribution >= 4 is 5.78 Å². The number of Topliss-reactive ketones (excluding diaryl/α,β-unsaturated/α-hetero) is 1. The first-order chi connectivity index (χ1) is 8.19. The van der Waals surface area contributed by atoms with Crippen LogP contribution < -0.4 is 0 Å². The van der Waals surface area contributed by atoms with Crippen LogP contribution in [0.4, 0.5) is 0 Å². The number of hydrogen-bond donors (Lipinski definition) is 0. The van der Waals surface area contributed by atoms with Crippen LogP contribution in [-0.4, -0.2) is 5.78 Å². The molecule has 0 bridgehead atoms. The Labute approximate surface area is 105 Å². The molecule has 1 aromatic carbocycles. The Balaban J connectivity index is 2.61. The lowest BCUT2D eigenvalue weighted by Crippen LogP contribution is -2.09. The van der Waals surface area contributed by atoms with E-state index in [-0.39, 0.29) is 0 Å². The van der Waals surface area contributed by atoms with E-state index in [1.54, 1.807) is 0 Å². The summed E-state index contributed by atoms with van der Waals surface area (Å²) < 4.78 is 0. The van der Waals surface area contributed by atoms with Gasteiger partial charge in [0.2, 0.25) is 0 Å². The third-order valence-corrected chi connectivity index (χ3v) is 3.46. The molecule has 0 aromatic heterocycles. The number of carbonyl (C=O) groups is 1. The Morgan fingerprint density at radius 3 is 2.53 bits per heavy atom. The molecule has 0 spiro atoms. The Hall–Kier alpha value is -1.11. The van der Waals surface area contributed by atoms with Crippen molar-refractivity contribution < 1.29 is 4.79 Å². The predicted octanol–water partition coefficient (Wildman–Crippen LogP) is 4.78. The first-order valence-corrected chi connectivity index (χ1v) is 6.77. The van der Waals surface area contributed by atoms with E-state index >= 15 is 0 Å². The summed E-state index contributed by atoms with van der Waals surface area (Å²) in [6, 6.07) is 7.90. The van der Waals surface area contributed by atoms with Crippen molar-refractivity contribution in [3.05, 3.63) is 35.4 Å². The summed E-state index contributed by atoms with van der Waals surface area (Å²) in [7, 11) is 0. The SMILES string of the molecule is CCCCC(CC)CC(=O)c1ccccc1C. The van der Waals surface area contributed by atoms with Crippen LogP contribution in [0.25, 0.3) is 0 Å². The summed E-state index contributed by atoms with van der Waals surface area (Å²) in [6.45, 7) is 6.40. The van der Waals surface area contributed by atoms with Crippen LogP contribution >= 0.6 is 0 Å². The van der Waals surface area contributed by atoms with Gasteiger partial charge in [-0.1, -0.05) is 63.8 Å². The van der Waals surface area contributed by atoms with Crippen molar-refractivity contribution in [3.63, 3.8) is 0 Å². The van der Waals surface area contributed by atoms with E-state index in [2.05, 4.69) is 13.8 Å². The molecule has 0 N–H and O–H groups in total. The molecule has 1 nitrogen and oxygen atoms in total. The van der Waals surface area contributed by atoms with E-state index in [0.717, 1.165) is 17.5 Å². The average molecular weight is 232 g/mol. The van der Waals surface area contributed by atoms with Gasteiger partial charge in [0.25, 0.3) is 0 Å². The minimum atomic E-state index is 0.311. The highest BCUT2D eigenvalue weighted by atomic mass is 16.1. The number of unbranched alkanes of at least 4 members (excludes halogenated alkanes) is 1. The van der Waals surface area contributed by atoms with Gasteiger partial charge in [0.05, 0.1) is 0 Å². The van der Waals surface area contributed by atoms with E-state index in [1.165, 1.54) is 19.3 Å². The maximum Gasteiger partial charge on any atom is 0.163 e. The van der Waals surface area contributed by atoms with Crippen LogP contribution in [0.15, 0.2) is 24.3 Å². The molecule has 0 aliphatic rings. The maximum atomic E-state index is 12.2. The minimum absolute atomic E-state index is 0.311. The Bertz CT molecular complexity index is 354. The standard InChI is InChI=1S/C16H24O/c1-4-6-10-14(5-2)12-16(17)15-11-8-7-9-13(15)3/h7-9,11,14H,4-6,10,12H2,1-3H3. The Morgan fingerprint density at radius 2 is 1.94 bits per heavy atom. The normalized spacial score (nSPS) is 12.4. The second-order valence-electron chi connectivity index (χ2n) is 4.86. The van der Waals surface area contributed by atoms with Gasteiger partial charge < -0.3 is 0 Å². The molecule has 0 heterocycles. The lowest BCUT2D eigenvalue weighted by Gasteiger charge is -2.14.